The van der Waals surface area contributed by atoms with E-state index in [2.05, 4.69) is 12.4 Å². The SMILES string of the molecule is CCOC(=O)c1c(NC(=O)c2ccc(Cl)s2)sc2c1CC[NH+](C)C2. The van der Waals surface area contributed by atoms with Crippen molar-refractivity contribution in [2.24, 2.45) is 0 Å². The number of rotatable bonds is 4. The Morgan fingerprint density at radius 3 is 2.83 bits per heavy atom. The summed E-state index contributed by atoms with van der Waals surface area (Å²) in [7, 11) is 2.12. The highest BCUT2D eigenvalue weighted by Crippen LogP contribution is 2.36. The van der Waals surface area contributed by atoms with E-state index in [0.717, 1.165) is 30.0 Å². The predicted octanol–water partition coefficient (Wildman–Crippen LogP) is 2.46. The number of hydrogen-bond acceptors (Lipinski definition) is 5. The minimum Gasteiger partial charge on any atom is -0.462 e. The summed E-state index contributed by atoms with van der Waals surface area (Å²) < 4.78 is 5.76. The number of ether oxygens (including phenoxy) is 1. The monoisotopic (exact) mass is 385 g/mol. The number of likely N-dealkylation sites (N-methyl/N-ethyl adjacent to an activating group) is 1. The Hall–Kier alpha value is -1.41. The fourth-order valence-electron chi connectivity index (χ4n) is 2.73. The van der Waals surface area contributed by atoms with Crippen LogP contribution >= 0.6 is 34.3 Å². The van der Waals surface area contributed by atoms with Gasteiger partial charge in [0.05, 0.1) is 39.9 Å². The van der Waals surface area contributed by atoms with Crippen molar-refractivity contribution in [3.05, 3.63) is 37.4 Å². The van der Waals surface area contributed by atoms with Crippen molar-refractivity contribution in [3.63, 3.8) is 0 Å². The van der Waals surface area contributed by atoms with Crippen molar-refractivity contribution in [1.82, 2.24) is 0 Å². The van der Waals surface area contributed by atoms with Crippen LogP contribution in [-0.2, 0) is 17.7 Å². The first-order valence-electron chi connectivity index (χ1n) is 7.69. The van der Waals surface area contributed by atoms with Gasteiger partial charge in [0, 0.05) is 6.42 Å². The standard InChI is InChI=1S/C16H17ClN2O3S2/c1-3-22-16(21)13-9-6-7-19(2)8-11(9)24-15(13)18-14(20)10-4-5-12(17)23-10/h4-5H,3,6-8H2,1-2H3,(H,18,20)/p+1. The smallest absolute Gasteiger partial charge is 0.341 e. The van der Waals surface area contributed by atoms with Crippen molar-refractivity contribution in [3.8, 4) is 0 Å². The summed E-state index contributed by atoms with van der Waals surface area (Å²) in [5.41, 5.74) is 1.53. The Balaban J connectivity index is 1.94. The van der Waals surface area contributed by atoms with Gasteiger partial charge < -0.3 is 15.0 Å². The molecule has 0 aromatic carbocycles. The number of halogens is 1. The fraction of sp³-hybridized carbons (Fsp3) is 0.375. The van der Waals surface area contributed by atoms with Crippen molar-refractivity contribution < 1.29 is 19.2 Å². The van der Waals surface area contributed by atoms with Crippen LogP contribution in [0.5, 0.6) is 0 Å². The average molecular weight is 386 g/mol. The first-order valence-corrected chi connectivity index (χ1v) is 9.70. The molecule has 2 aromatic rings. The van der Waals surface area contributed by atoms with Gasteiger partial charge in [0.1, 0.15) is 11.5 Å². The van der Waals surface area contributed by atoms with E-state index in [1.807, 2.05) is 0 Å². The second kappa shape index (κ2) is 7.23. The molecule has 0 bridgehead atoms. The number of carbonyl (C=O) groups is 2. The van der Waals surface area contributed by atoms with Crippen LogP contribution in [0.4, 0.5) is 5.00 Å². The fourth-order valence-corrected chi connectivity index (χ4v) is 5.01. The maximum Gasteiger partial charge on any atom is 0.341 e. The van der Waals surface area contributed by atoms with Crippen LogP contribution in [0.2, 0.25) is 4.34 Å². The Morgan fingerprint density at radius 1 is 1.38 bits per heavy atom. The molecule has 8 heteroatoms. The molecule has 0 saturated heterocycles. The summed E-state index contributed by atoms with van der Waals surface area (Å²) >= 11 is 8.57. The van der Waals surface area contributed by atoms with Crippen molar-refractivity contribution >= 4 is 51.2 Å². The molecule has 2 N–H and O–H groups in total. The average Bonchev–Trinajstić information content (AvgIpc) is 3.10. The number of nitrogens with one attached hydrogen (secondary N) is 2. The summed E-state index contributed by atoms with van der Waals surface area (Å²) in [4.78, 5) is 27.9. The van der Waals surface area contributed by atoms with E-state index in [0.29, 0.717) is 26.4 Å². The van der Waals surface area contributed by atoms with Gasteiger partial charge in [-0.05, 0) is 24.6 Å². The van der Waals surface area contributed by atoms with Gasteiger partial charge in [-0.2, -0.15) is 0 Å². The van der Waals surface area contributed by atoms with E-state index in [1.54, 1.807) is 19.1 Å². The molecule has 24 heavy (non-hydrogen) atoms. The molecular weight excluding hydrogens is 368 g/mol. The third-order valence-electron chi connectivity index (χ3n) is 3.86. The van der Waals surface area contributed by atoms with Gasteiger partial charge in [-0.25, -0.2) is 4.79 Å². The Bertz CT molecular complexity index is 784. The molecule has 1 unspecified atom stereocenters. The van der Waals surface area contributed by atoms with Gasteiger partial charge in [0.15, 0.2) is 0 Å². The number of amides is 1. The van der Waals surface area contributed by atoms with Gasteiger partial charge >= 0.3 is 5.97 Å². The zero-order valence-electron chi connectivity index (χ0n) is 13.4. The van der Waals surface area contributed by atoms with Crippen LogP contribution in [0.3, 0.4) is 0 Å². The molecule has 2 aromatic heterocycles. The molecule has 3 rings (SSSR count). The van der Waals surface area contributed by atoms with Gasteiger partial charge in [0.2, 0.25) is 0 Å². The number of quaternary nitrogens is 1. The molecule has 1 amide bonds. The maximum absolute atomic E-state index is 12.4. The van der Waals surface area contributed by atoms with Crippen LogP contribution in [0.25, 0.3) is 0 Å². The number of thiophene rings is 2. The number of anilines is 1. The summed E-state index contributed by atoms with van der Waals surface area (Å²) in [5, 5.41) is 3.44. The van der Waals surface area contributed by atoms with Gasteiger partial charge in [0.25, 0.3) is 5.91 Å². The largest absolute Gasteiger partial charge is 0.462 e. The Morgan fingerprint density at radius 2 is 2.17 bits per heavy atom. The van der Waals surface area contributed by atoms with Crippen LogP contribution in [0, 0.1) is 0 Å². The van der Waals surface area contributed by atoms with E-state index >= 15 is 0 Å². The molecule has 0 radical (unpaired) electrons. The Kier molecular flexibility index (Phi) is 5.24. The van der Waals surface area contributed by atoms with Gasteiger partial charge in [-0.1, -0.05) is 11.6 Å². The molecule has 1 atom stereocenters. The van der Waals surface area contributed by atoms with E-state index < -0.39 is 0 Å². The molecule has 128 valence electrons. The van der Waals surface area contributed by atoms with Gasteiger partial charge in [-0.15, -0.1) is 22.7 Å². The predicted molar refractivity (Wildman–Crippen MR) is 96.7 cm³/mol. The highest BCUT2D eigenvalue weighted by Gasteiger charge is 2.30. The van der Waals surface area contributed by atoms with Crippen molar-refractivity contribution in [1.29, 1.82) is 0 Å². The summed E-state index contributed by atoms with van der Waals surface area (Å²) in [6.07, 6.45) is 0.812. The third-order valence-corrected chi connectivity index (χ3v) is 6.24. The van der Waals surface area contributed by atoms with Crippen LogP contribution in [-0.4, -0.2) is 32.1 Å². The van der Waals surface area contributed by atoms with Crippen LogP contribution in [0.15, 0.2) is 12.1 Å². The quantitative estimate of drug-likeness (QED) is 0.795. The first-order chi connectivity index (χ1) is 11.5. The molecule has 1 aliphatic rings. The van der Waals surface area contributed by atoms with Crippen molar-refractivity contribution in [2.45, 2.75) is 19.9 Å². The second-order valence-corrected chi connectivity index (χ2v) is 8.44. The molecule has 0 aliphatic carbocycles. The topological polar surface area (TPSA) is 59.8 Å². The molecule has 3 heterocycles. The van der Waals surface area contributed by atoms with E-state index in [4.69, 9.17) is 16.3 Å². The lowest BCUT2D eigenvalue weighted by atomic mass is 10.0. The second-order valence-electron chi connectivity index (χ2n) is 5.62. The van der Waals surface area contributed by atoms with Crippen LogP contribution < -0.4 is 10.2 Å². The summed E-state index contributed by atoms with van der Waals surface area (Å²) in [6, 6.07) is 3.36. The summed E-state index contributed by atoms with van der Waals surface area (Å²) in [5.74, 6) is -0.620. The van der Waals surface area contributed by atoms with Crippen molar-refractivity contribution in [2.75, 3.05) is 25.5 Å². The van der Waals surface area contributed by atoms with E-state index in [1.165, 1.54) is 27.6 Å². The summed E-state index contributed by atoms with van der Waals surface area (Å²) in [6.45, 7) is 3.90. The molecule has 0 spiro atoms. The molecule has 5 nitrogen and oxygen atoms in total. The molecular formula is C16H18ClN2O3S2+. The third kappa shape index (κ3) is 3.49. The van der Waals surface area contributed by atoms with E-state index in [-0.39, 0.29) is 11.9 Å². The number of carbonyl (C=O) groups excluding carboxylic acids is 2. The lowest BCUT2D eigenvalue weighted by molar-refractivity contribution is -0.895. The molecule has 1 aliphatic heterocycles. The number of esters is 1. The minimum atomic E-state index is -0.367. The zero-order valence-corrected chi connectivity index (χ0v) is 15.8. The normalized spacial score (nSPS) is 16.5. The van der Waals surface area contributed by atoms with Crippen LogP contribution in [0.1, 0.15) is 37.4 Å². The zero-order chi connectivity index (χ0) is 17.3. The number of hydrogen-bond donors (Lipinski definition) is 2. The highest BCUT2D eigenvalue weighted by molar-refractivity contribution is 7.18. The first kappa shape index (κ1) is 17.4. The lowest BCUT2D eigenvalue weighted by Crippen LogP contribution is -3.08. The lowest BCUT2D eigenvalue weighted by Gasteiger charge is -2.19. The molecule has 0 fully saturated rings. The van der Waals surface area contributed by atoms with E-state index in [9.17, 15) is 9.59 Å². The minimum absolute atomic E-state index is 0.253. The Labute approximate surface area is 153 Å². The molecule has 0 saturated carbocycles. The highest BCUT2D eigenvalue weighted by atomic mass is 35.5. The maximum atomic E-state index is 12.4. The number of fused-ring (bicyclic) bond motifs is 1. The van der Waals surface area contributed by atoms with Gasteiger partial charge in [-0.3, -0.25) is 4.79 Å².